The highest BCUT2D eigenvalue weighted by Crippen LogP contribution is 2.32. The van der Waals surface area contributed by atoms with Crippen LogP contribution in [0.25, 0.3) is 22.6 Å². The van der Waals surface area contributed by atoms with Crippen molar-refractivity contribution >= 4 is 38.7 Å². The maximum absolute atomic E-state index is 6.23. The Balaban J connectivity index is 2.24. The lowest BCUT2D eigenvalue weighted by Crippen LogP contribution is -1.82. The van der Waals surface area contributed by atoms with E-state index in [1.54, 1.807) is 6.20 Å². The van der Waals surface area contributed by atoms with E-state index in [-0.39, 0.29) is 0 Å². The van der Waals surface area contributed by atoms with Gasteiger partial charge >= 0.3 is 0 Å². The van der Waals surface area contributed by atoms with E-state index >= 15 is 0 Å². The Morgan fingerprint density at radius 3 is 2.88 bits per heavy atom. The van der Waals surface area contributed by atoms with Crippen molar-refractivity contribution < 1.29 is 0 Å². The van der Waals surface area contributed by atoms with Gasteiger partial charge in [-0.05, 0) is 40.2 Å². The van der Waals surface area contributed by atoms with E-state index in [1.165, 1.54) is 0 Å². The summed E-state index contributed by atoms with van der Waals surface area (Å²) < 4.78 is 0.852. The number of pyridine rings is 1. The minimum atomic E-state index is 0.645. The summed E-state index contributed by atoms with van der Waals surface area (Å²) in [6.45, 7) is 0. The molecular weight excluding hydrogens is 302 g/mol. The van der Waals surface area contributed by atoms with Crippen LogP contribution in [0.4, 0.5) is 0 Å². The third-order valence-corrected chi connectivity index (χ3v) is 3.76. The van der Waals surface area contributed by atoms with E-state index in [1.807, 2.05) is 30.3 Å². The summed E-state index contributed by atoms with van der Waals surface area (Å²) in [5, 5.41) is 0.645. The van der Waals surface area contributed by atoms with Crippen LogP contribution in [0.5, 0.6) is 0 Å². The van der Waals surface area contributed by atoms with Gasteiger partial charge in [-0.3, -0.25) is 0 Å². The van der Waals surface area contributed by atoms with Crippen LogP contribution in [-0.2, 0) is 0 Å². The summed E-state index contributed by atoms with van der Waals surface area (Å²) in [6.07, 6.45) is 1.72. The molecule has 5 heteroatoms. The Bertz CT molecular complexity index is 660. The number of aromatic amines is 1. The topological polar surface area (TPSA) is 41.6 Å². The average molecular weight is 309 g/mol. The largest absolute Gasteiger partial charge is 0.337 e. The summed E-state index contributed by atoms with van der Waals surface area (Å²) >= 11 is 9.63. The van der Waals surface area contributed by atoms with Crippen LogP contribution in [0.1, 0.15) is 0 Å². The normalized spacial score (nSPS) is 10.9. The number of benzene rings is 1. The van der Waals surface area contributed by atoms with Gasteiger partial charge in [0, 0.05) is 16.2 Å². The van der Waals surface area contributed by atoms with Gasteiger partial charge < -0.3 is 4.98 Å². The molecule has 0 unspecified atom stereocenters. The number of fused-ring (bicyclic) bond motifs is 1. The van der Waals surface area contributed by atoms with Gasteiger partial charge in [0.25, 0.3) is 0 Å². The molecule has 3 nitrogen and oxygen atoms in total. The smallest absolute Gasteiger partial charge is 0.178 e. The molecule has 0 atom stereocenters. The predicted molar refractivity (Wildman–Crippen MR) is 72.0 cm³/mol. The molecule has 2 aromatic heterocycles. The number of nitrogens with one attached hydrogen (secondary N) is 1. The van der Waals surface area contributed by atoms with E-state index in [4.69, 9.17) is 11.6 Å². The number of hydrogen-bond donors (Lipinski definition) is 1. The van der Waals surface area contributed by atoms with Crippen molar-refractivity contribution in [3.8, 4) is 11.4 Å². The highest BCUT2D eigenvalue weighted by molar-refractivity contribution is 9.10. The molecule has 0 aliphatic heterocycles. The average Bonchev–Trinajstić information content (AvgIpc) is 2.76. The SMILES string of the molecule is Clc1c(Br)cccc1-c1nc2ncccc2[nH]1. The minimum Gasteiger partial charge on any atom is -0.337 e. The Morgan fingerprint density at radius 1 is 1.18 bits per heavy atom. The highest BCUT2D eigenvalue weighted by Gasteiger charge is 2.10. The van der Waals surface area contributed by atoms with Gasteiger partial charge in [0.2, 0.25) is 0 Å². The molecule has 3 aromatic rings. The Labute approximate surface area is 111 Å². The van der Waals surface area contributed by atoms with Gasteiger partial charge in [-0.25, -0.2) is 9.97 Å². The highest BCUT2D eigenvalue weighted by atomic mass is 79.9. The number of halogens is 2. The van der Waals surface area contributed by atoms with E-state index in [9.17, 15) is 0 Å². The molecule has 84 valence electrons. The van der Waals surface area contributed by atoms with Crippen LogP contribution in [0, 0.1) is 0 Å². The van der Waals surface area contributed by atoms with Crippen molar-refractivity contribution in [2.24, 2.45) is 0 Å². The second-order valence-corrected chi connectivity index (χ2v) is 4.79. The fourth-order valence-corrected chi connectivity index (χ4v) is 2.24. The Kier molecular flexibility index (Phi) is 2.61. The zero-order valence-corrected chi connectivity index (χ0v) is 11.0. The van der Waals surface area contributed by atoms with Crippen molar-refractivity contribution in [3.05, 3.63) is 46.0 Å². The molecular formula is C12H7BrClN3. The zero-order valence-electron chi connectivity index (χ0n) is 8.61. The van der Waals surface area contributed by atoms with Gasteiger partial charge in [0.05, 0.1) is 10.5 Å². The summed E-state index contributed by atoms with van der Waals surface area (Å²) in [6, 6.07) is 9.54. The molecule has 1 N–H and O–H groups in total. The lowest BCUT2D eigenvalue weighted by molar-refractivity contribution is 1.30. The first-order valence-corrected chi connectivity index (χ1v) is 6.18. The van der Waals surface area contributed by atoms with E-state index < -0.39 is 0 Å². The number of aromatic nitrogens is 3. The number of imidazole rings is 1. The molecule has 0 bridgehead atoms. The molecule has 1 aromatic carbocycles. The van der Waals surface area contributed by atoms with Crippen molar-refractivity contribution in [2.45, 2.75) is 0 Å². The molecule has 3 rings (SSSR count). The molecule has 0 spiro atoms. The summed E-state index contributed by atoms with van der Waals surface area (Å²) in [5.41, 5.74) is 2.45. The monoisotopic (exact) mass is 307 g/mol. The van der Waals surface area contributed by atoms with Crippen LogP contribution in [-0.4, -0.2) is 15.0 Å². The second-order valence-electron chi connectivity index (χ2n) is 3.56. The van der Waals surface area contributed by atoms with Crippen LogP contribution < -0.4 is 0 Å². The molecule has 0 aliphatic rings. The lowest BCUT2D eigenvalue weighted by atomic mass is 10.2. The van der Waals surface area contributed by atoms with E-state index in [0.29, 0.717) is 10.7 Å². The fraction of sp³-hybridized carbons (Fsp3) is 0. The van der Waals surface area contributed by atoms with Gasteiger partial charge in [-0.1, -0.05) is 17.7 Å². The van der Waals surface area contributed by atoms with Crippen molar-refractivity contribution in [3.63, 3.8) is 0 Å². The molecule has 0 amide bonds. The van der Waals surface area contributed by atoms with Gasteiger partial charge in [-0.15, -0.1) is 0 Å². The van der Waals surface area contributed by atoms with Crippen molar-refractivity contribution in [1.82, 2.24) is 15.0 Å². The predicted octanol–water partition coefficient (Wildman–Crippen LogP) is 4.04. The standard InChI is InChI=1S/C12H7BrClN3/c13-8-4-1-3-7(10(8)14)11-16-9-5-2-6-15-12(9)17-11/h1-6H,(H,15,16,17). The van der Waals surface area contributed by atoms with Crippen LogP contribution >= 0.6 is 27.5 Å². The second kappa shape index (κ2) is 4.13. The first kappa shape index (κ1) is 10.7. The van der Waals surface area contributed by atoms with Crippen molar-refractivity contribution in [2.75, 3.05) is 0 Å². The Morgan fingerprint density at radius 2 is 2.06 bits per heavy atom. The molecule has 2 heterocycles. The molecule has 0 fully saturated rings. The lowest BCUT2D eigenvalue weighted by Gasteiger charge is -2.01. The minimum absolute atomic E-state index is 0.645. The van der Waals surface area contributed by atoms with Crippen molar-refractivity contribution in [1.29, 1.82) is 0 Å². The van der Waals surface area contributed by atoms with E-state index in [0.717, 1.165) is 21.4 Å². The summed E-state index contributed by atoms with van der Waals surface area (Å²) in [5.74, 6) is 0.727. The van der Waals surface area contributed by atoms with Crippen LogP contribution in [0.15, 0.2) is 41.0 Å². The van der Waals surface area contributed by atoms with Crippen LogP contribution in [0.2, 0.25) is 5.02 Å². The summed E-state index contributed by atoms with van der Waals surface area (Å²) in [4.78, 5) is 11.8. The number of H-pyrrole nitrogens is 1. The number of hydrogen-bond acceptors (Lipinski definition) is 2. The Hall–Kier alpha value is -1.39. The third kappa shape index (κ3) is 1.83. The maximum Gasteiger partial charge on any atom is 0.178 e. The van der Waals surface area contributed by atoms with Crippen LogP contribution in [0.3, 0.4) is 0 Å². The quantitative estimate of drug-likeness (QED) is 0.737. The van der Waals surface area contributed by atoms with Gasteiger partial charge in [0.15, 0.2) is 5.65 Å². The molecule has 0 radical (unpaired) electrons. The zero-order chi connectivity index (χ0) is 11.8. The molecule has 0 saturated heterocycles. The van der Waals surface area contributed by atoms with E-state index in [2.05, 4.69) is 30.9 Å². The summed E-state index contributed by atoms with van der Waals surface area (Å²) in [7, 11) is 0. The first-order valence-electron chi connectivity index (χ1n) is 5.01. The third-order valence-electron chi connectivity index (χ3n) is 2.46. The molecule has 0 aliphatic carbocycles. The first-order chi connectivity index (χ1) is 8.25. The molecule has 17 heavy (non-hydrogen) atoms. The van der Waals surface area contributed by atoms with Gasteiger partial charge in [0.1, 0.15) is 5.82 Å². The number of nitrogens with zero attached hydrogens (tertiary/aromatic N) is 2. The maximum atomic E-state index is 6.23. The number of rotatable bonds is 1. The molecule has 0 saturated carbocycles. The van der Waals surface area contributed by atoms with Gasteiger partial charge in [-0.2, -0.15) is 0 Å². The fourth-order valence-electron chi connectivity index (χ4n) is 1.66.